The third-order valence-electron chi connectivity index (χ3n) is 8.07. The Hall–Kier alpha value is -2.89. The molecule has 292 valence electrons. The lowest BCUT2D eigenvalue weighted by Gasteiger charge is -2.28. The van der Waals surface area contributed by atoms with Crippen LogP contribution in [0.3, 0.4) is 0 Å². The molecule has 0 aliphatic carbocycles. The first-order valence-corrected chi connectivity index (χ1v) is 20.0. The molecule has 0 saturated heterocycles. The highest BCUT2D eigenvalue weighted by molar-refractivity contribution is 7.47. The van der Waals surface area contributed by atoms with Gasteiger partial charge in [-0.25, -0.2) is 9.36 Å². The molecule has 0 radical (unpaired) electrons. The van der Waals surface area contributed by atoms with Crippen molar-refractivity contribution in [3.8, 4) is 0 Å². The average Bonchev–Trinajstić information content (AvgIpc) is 3.07. The lowest BCUT2D eigenvalue weighted by atomic mass is 9.99. The van der Waals surface area contributed by atoms with Crippen LogP contribution >= 0.6 is 7.82 Å². The Balaban J connectivity index is 1.74. The molecule has 0 fully saturated rings. The van der Waals surface area contributed by atoms with Crippen molar-refractivity contribution in [2.45, 2.75) is 103 Å². The van der Waals surface area contributed by atoms with E-state index in [2.05, 4.69) is 17.4 Å². The maximum atomic E-state index is 12.7. The molecule has 11 nitrogen and oxygen atoms in total. The Morgan fingerprint density at radius 1 is 0.865 bits per heavy atom. The van der Waals surface area contributed by atoms with E-state index in [4.69, 9.17) is 23.3 Å². The number of methoxy groups -OCH3 is 1. The number of aryl methyl sites for hydroxylation is 1. The summed E-state index contributed by atoms with van der Waals surface area (Å²) in [6.07, 6.45) is 13.4. The second-order valence-corrected chi connectivity index (χ2v) is 16.5. The molecule has 3 atom stereocenters. The summed E-state index contributed by atoms with van der Waals surface area (Å²) in [6.45, 7) is 5.38. The molecule has 0 spiro atoms. The minimum Gasteiger partial charge on any atom is -0.444 e. The Morgan fingerprint density at radius 3 is 2.06 bits per heavy atom. The van der Waals surface area contributed by atoms with Crippen molar-refractivity contribution < 1.29 is 46.8 Å². The highest BCUT2D eigenvalue weighted by atomic mass is 31.2. The number of phosphoric acid groups is 1. The lowest BCUT2D eigenvalue weighted by molar-refractivity contribution is -0.870. The molecular formula is C40H64N2O9P+. The van der Waals surface area contributed by atoms with Crippen molar-refractivity contribution in [2.75, 3.05) is 54.8 Å². The van der Waals surface area contributed by atoms with Crippen molar-refractivity contribution >= 4 is 19.7 Å². The zero-order chi connectivity index (χ0) is 38.5. The maximum absolute atomic E-state index is 12.7. The van der Waals surface area contributed by atoms with Gasteiger partial charge in [0.2, 0.25) is 0 Å². The zero-order valence-corrected chi connectivity index (χ0v) is 33.4. The summed E-state index contributed by atoms with van der Waals surface area (Å²) in [6, 6.07) is 16.5. The Morgan fingerprint density at radius 2 is 1.46 bits per heavy atom. The normalized spacial score (nSPS) is 14.5. The van der Waals surface area contributed by atoms with Crippen LogP contribution in [-0.4, -0.2) is 93.8 Å². The van der Waals surface area contributed by atoms with Crippen molar-refractivity contribution in [3.05, 3.63) is 83.4 Å². The number of benzene rings is 2. The number of carbonyl (C=O) groups is 2. The molecule has 0 aliphatic rings. The molecule has 1 unspecified atom stereocenters. The fourth-order valence-corrected chi connectivity index (χ4v) is 5.97. The molecule has 0 saturated carbocycles. The van der Waals surface area contributed by atoms with Crippen LogP contribution < -0.4 is 5.32 Å². The molecule has 2 rings (SSSR count). The second kappa shape index (κ2) is 23.7. The lowest BCUT2D eigenvalue weighted by Crippen LogP contribution is -2.48. The minimum absolute atomic E-state index is 0.0287. The summed E-state index contributed by atoms with van der Waals surface area (Å²) >= 11 is 0. The van der Waals surface area contributed by atoms with Gasteiger partial charge in [0.05, 0.1) is 33.8 Å². The van der Waals surface area contributed by atoms with Gasteiger partial charge in [0, 0.05) is 18.2 Å². The summed E-state index contributed by atoms with van der Waals surface area (Å²) in [5, 5.41) is 2.73. The van der Waals surface area contributed by atoms with E-state index in [0.717, 1.165) is 44.1 Å². The first-order valence-electron chi connectivity index (χ1n) is 18.5. The smallest absolute Gasteiger partial charge is 0.444 e. The molecule has 2 N–H and O–H groups in total. The van der Waals surface area contributed by atoms with E-state index in [1.54, 1.807) is 20.8 Å². The van der Waals surface area contributed by atoms with Gasteiger partial charge in [-0.2, -0.15) is 0 Å². The molecule has 0 heterocycles. The van der Waals surface area contributed by atoms with Gasteiger partial charge in [-0.15, -0.1) is 0 Å². The first-order chi connectivity index (χ1) is 24.6. The van der Waals surface area contributed by atoms with Crippen LogP contribution in [0.4, 0.5) is 4.79 Å². The predicted octanol–water partition coefficient (Wildman–Crippen LogP) is 8.25. The molecule has 1 amide bonds. The Bertz CT molecular complexity index is 1370. The highest BCUT2D eigenvalue weighted by Gasteiger charge is 2.30. The Labute approximate surface area is 312 Å². The topological polar surface area (TPSA) is 130 Å². The number of rotatable bonds is 26. The van der Waals surface area contributed by atoms with Crippen molar-refractivity contribution in [3.63, 3.8) is 0 Å². The van der Waals surface area contributed by atoms with Crippen LogP contribution in [0.25, 0.3) is 0 Å². The van der Waals surface area contributed by atoms with Crippen molar-refractivity contribution in [1.29, 1.82) is 0 Å². The third-order valence-corrected chi connectivity index (χ3v) is 9.06. The molecule has 0 aliphatic heterocycles. The van der Waals surface area contributed by atoms with Gasteiger partial charge < -0.3 is 28.9 Å². The largest absolute Gasteiger partial charge is 0.472 e. The number of amides is 1. The summed E-state index contributed by atoms with van der Waals surface area (Å²) in [7, 11) is 2.94. The molecule has 52 heavy (non-hydrogen) atoms. The maximum Gasteiger partial charge on any atom is 0.472 e. The number of nitrogens with zero attached hydrogens (tertiary/aromatic N) is 1. The number of unbranched alkanes of at least 4 members (excludes halogenated alkanes) is 8. The molecule has 0 aromatic heterocycles. The van der Waals surface area contributed by atoms with Crippen LogP contribution in [0, 0.1) is 0 Å². The number of likely N-dealkylation sites (N-methyl/N-ethyl adjacent to an activating group) is 1. The molecular weight excluding hydrogens is 683 g/mol. The number of ether oxygens (including phenoxy) is 3. The van der Waals surface area contributed by atoms with E-state index in [1.165, 1.54) is 38.4 Å². The summed E-state index contributed by atoms with van der Waals surface area (Å²) < 4.78 is 40.0. The number of nitrogens with one attached hydrogen (secondary N) is 1. The fourth-order valence-electron chi connectivity index (χ4n) is 5.23. The van der Waals surface area contributed by atoms with Crippen LogP contribution in [0.15, 0.2) is 66.7 Å². The SMILES string of the molecule is COCO[C@H](/C=C/CCCCCCCCCCc1ccc(C(=O)c2ccccc2)cc1)[C@H](COP(=O)(O)OCC[N+](C)(C)C)NC(=O)OC(C)(C)C. The van der Waals surface area contributed by atoms with E-state index in [0.29, 0.717) is 16.6 Å². The minimum atomic E-state index is -4.39. The number of carbonyl (C=O) groups excluding carboxylic acids is 2. The zero-order valence-electron chi connectivity index (χ0n) is 32.5. The molecule has 12 heteroatoms. The van der Waals surface area contributed by atoms with Crippen molar-refractivity contribution in [2.24, 2.45) is 0 Å². The van der Waals surface area contributed by atoms with Gasteiger partial charge in [0.1, 0.15) is 31.6 Å². The van der Waals surface area contributed by atoms with Gasteiger partial charge in [-0.05, 0) is 52.0 Å². The van der Waals surface area contributed by atoms with Crippen LogP contribution in [0.5, 0.6) is 0 Å². The van der Waals surface area contributed by atoms with Crippen LogP contribution in [0.1, 0.15) is 100 Å². The van der Waals surface area contributed by atoms with E-state index < -0.39 is 31.7 Å². The van der Waals surface area contributed by atoms with Gasteiger partial charge in [0.25, 0.3) is 0 Å². The number of alkyl carbamates (subject to hydrolysis) is 1. The highest BCUT2D eigenvalue weighted by Crippen LogP contribution is 2.43. The van der Waals surface area contributed by atoms with Crippen LogP contribution in [0.2, 0.25) is 0 Å². The number of ketones is 1. The summed E-state index contributed by atoms with van der Waals surface area (Å²) in [5.74, 6) is 0.0559. The number of hydrogen-bond acceptors (Lipinski definition) is 8. The van der Waals surface area contributed by atoms with E-state index >= 15 is 0 Å². The fraction of sp³-hybridized carbons (Fsp3) is 0.600. The number of allylic oxidation sites excluding steroid dienone is 1. The van der Waals surface area contributed by atoms with Gasteiger partial charge >= 0.3 is 13.9 Å². The molecule has 2 aromatic carbocycles. The van der Waals surface area contributed by atoms with Gasteiger partial charge in [0.15, 0.2) is 5.78 Å². The Kier molecular flexibility index (Phi) is 20.6. The van der Waals surface area contributed by atoms with E-state index in [1.807, 2.05) is 75.8 Å². The summed E-state index contributed by atoms with van der Waals surface area (Å²) in [5.41, 5.74) is 1.96. The number of quaternary nitrogens is 1. The predicted molar refractivity (Wildman–Crippen MR) is 205 cm³/mol. The van der Waals surface area contributed by atoms with Gasteiger partial charge in [-0.3, -0.25) is 13.8 Å². The average molecular weight is 748 g/mol. The monoisotopic (exact) mass is 747 g/mol. The number of phosphoric ester groups is 1. The first kappa shape index (κ1) is 45.3. The standard InChI is InChI=1S/C40H63N2O9P/c1-40(2,3)51-39(44)41-36(31-50-52(45,46)49-30-29-42(4,5)6)37(48-32-47-7)24-20-15-13-11-9-8-10-12-14-17-21-33-25-27-35(28-26-33)38(43)34-22-18-16-19-23-34/h16,18-20,22-28,36-37H,8-15,17,21,29-32H2,1-7H3,(H-,41,44,45,46)/p+1/b24-20+/t36-,37+/m0/s1. The van der Waals surface area contributed by atoms with Gasteiger partial charge in [-0.1, -0.05) is 105 Å². The molecule has 2 aromatic rings. The second-order valence-electron chi connectivity index (χ2n) is 15.1. The van der Waals surface area contributed by atoms with E-state index in [-0.39, 0.29) is 25.8 Å². The quantitative estimate of drug-likeness (QED) is 0.0244. The van der Waals surface area contributed by atoms with Crippen LogP contribution in [-0.2, 0) is 34.2 Å². The summed E-state index contributed by atoms with van der Waals surface area (Å²) in [4.78, 5) is 35.6. The van der Waals surface area contributed by atoms with E-state index in [9.17, 15) is 19.0 Å². The number of hydrogen-bond donors (Lipinski definition) is 2. The molecule has 0 bridgehead atoms. The van der Waals surface area contributed by atoms with Crippen molar-refractivity contribution in [1.82, 2.24) is 5.32 Å². The third kappa shape index (κ3) is 21.0.